The molecule has 1 unspecified atom stereocenters. The first-order valence-corrected chi connectivity index (χ1v) is 10.1. The Balaban J connectivity index is 2.13. The van der Waals surface area contributed by atoms with Crippen LogP contribution in [-0.4, -0.2) is 28.7 Å². The van der Waals surface area contributed by atoms with E-state index in [1.807, 2.05) is 48.9 Å². The lowest BCUT2D eigenvalue weighted by Gasteiger charge is -2.27. The maximum atomic E-state index is 13.7. The molecule has 7 heteroatoms. The summed E-state index contributed by atoms with van der Waals surface area (Å²) in [5.74, 6) is -0.579. The van der Waals surface area contributed by atoms with E-state index >= 15 is 0 Å². The lowest BCUT2D eigenvalue weighted by atomic mass is 9.88. The molecule has 0 radical (unpaired) electrons. The third-order valence-electron chi connectivity index (χ3n) is 5.05. The molecule has 0 fully saturated rings. The number of rotatable bonds is 8. The Kier molecular flexibility index (Phi) is 6.90. The molecule has 0 bridgehead atoms. The summed E-state index contributed by atoms with van der Waals surface area (Å²) >= 11 is 6.16. The highest BCUT2D eigenvalue weighted by Crippen LogP contribution is 2.32. The van der Waals surface area contributed by atoms with Gasteiger partial charge in [0.2, 0.25) is 5.91 Å². The number of nitrogens with zero attached hydrogens (tertiary/aromatic N) is 2. The molecule has 0 aliphatic rings. The number of nitrogens with two attached hydrogens (primary N) is 1. The second kappa shape index (κ2) is 9.41. The molecular weight excluding hydrogens is 405 g/mol. The molecule has 2 atom stereocenters. The number of halogens is 2. The largest absolute Gasteiger partial charge is 0.371 e. The van der Waals surface area contributed by atoms with Crippen LogP contribution >= 0.6 is 11.6 Å². The van der Waals surface area contributed by atoms with Crippen molar-refractivity contribution in [1.82, 2.24) is 9.55 Å². The molecule has 3 aromatic rings. The number of imidazole rings is 1. The summed E-state index contributed by atoms with van der Waals surface area (Å²) in [7, 11) is 1.46. The topological polar surface area (TPSA) is 70.1 Å². The van der Waals surface area contributed by atoms with Gasteiger partial charge in [0.05, 0.1) is 11.6 Å². The van der Waals surface area contributed by atoms with Crippen LogP contribution in [-0.2, 0) is 16.1 Å². The number of ether oxygens (including phenoxy) is 1. The Morgan fingerprint density at radius 2 is 1.97 bits per heavy atom. The van der Waals surface area contributed by atoms with Crippen molar-refractivity contribution < 1.29 is 13.9 Å². The van der Waals surface area contributed by atoms with E-state index in [2.05, 4.69) is 0 Å². The Bertz CT molecular complexity index is 1030. The van der Waals surface area contributed by atoms with Crippen LogP contribution in [0, 0.1) is 11.7 Å². The number of primary amides is 1. The zero-order chi connectivity index (χ0) is 21.8. The van der Waals surface area contributed by atoms with Crippen molar-refractivity contribution >= 4 is 17.5 Å². The predicted octanol–water partition coefficient (Wildman–Crippen LogP) is 4.63. The van der Waals surface area contributed by atoms with Gasteiger partial charge in [-0.05, 0) is 35.7 Å². The molecule has 2 aromatic carbocycles. The number of carbonyl (C=O) groups is 1. The van der Waals surface area contributed by atoms with Crippen LogP contribution in [0.3, 0.4) is 0 Å². The van der Waals surface area contributed by atoms with E-state index in [0.717, 1.165) is 11.1 Å². The van der Waals surface area contributed by atoms with Gasteiger partial charge in [-0.2, -0.15) is 0 Å². The van der Waals surface area contributed by atoms with E-state index in [1.165, 1.54) is 19.2 Å². The summed E-state index contributed by atoms with van der Waals surface area (Å²) in [6, 6.07) is 13.8. The average Bonchev–Trinajstić information content (AvgIpc) is 3.08. The average molecular weight is 430 g/mol. The highest BCUT2D eigenvalue weighted by molar-refractivity contribution is 6.30. The monoisotopic (exact) mass is 429 g/mol. The molecule has 2 N–H and O–H groups in total. The quantitative estimate of drug-likeness (QED) is 0.567. The summed E-state index contributed by atoms with van der Waals surface area (Å²) in [6.07, 6.45) is 1.04. The van der Waals surface area contributed by atoms with E-state index in [4.69, 9.17) is 27.1 Å². The Hall–Kier alpha value is -2.70. The standard InChI is InChI=1S/C23H25ClFN3O2/c1-14(2)20(21(30-3)22(26)29)23-27-19(16-7-5-8-17(24)11-16)13-28(23)12-15-6-4-9-18(25)10-15/h4-11,13-14,20-21H,12H2,1-3H3,(H2,26,29)/t20-,21?/m0/s1. The Labute approximate surface area is 180 Å². The van der Waals surface area contributed by atoms with E-state index in [0.29, 0.717) is 23.1 Å². The fourth-order valence-electron chi connectivity index (χ4n) is 3.66. The molecule has 1 amide bonds. The Morgan fingerprint density at radius 3 is 2.57 bits per heavy atom. The Morgan fingerprint density at radius 1 is 1.23 bits per heavy atom. The minimum Gasteiger partial charge on any atom is -0.371 e. The van der Waals surface area contributed by atoms with E-state index in [-0.39, 0.29) is 17.7 Å². The number of carbonyl (C=O) groups excluding carboxylic acids is 1. The van der Waals surface area contributed by atoms with Crippen LogP contribution in [0.4, 0.5) is 4.39 Å². The summed E-state index contributed by atoms with van der Waals surface area (Å²) in [6.45, 7) is 4.36. The van der Waals surface area contributed by atoms with Crippen molar-refractivity contribution in [3.63, 3.8) is 0 Å². The van der Waals surface area contributed by atoms with E-state index < -0.39 is 12.0 Å². The van der Waals surface area contributed by atoms with Gasteiger partial charge < -0.3 is 15.0 Å². The van der Waals surface area contributed by atoms with Gasteiger partial charge in [-0.15, -0.1) is 0 Å². The first kappa shape index (κ1) is 22.0. The summed E-state index contributed by atoms with van der Waals surface area (Å²) in [5.41, 5.74) is 7.94. The van der Waals surface area contributed by atoms with Gasteiger partial charge in [0, 0.05) is 30.4 Å². The van der Waals surface area contributed by atoms with Gasteiger partial charge in [0.1, 0.15) is 17.7 Å². The molecule has 1 heterocycles. The van der Waals surface area contributed by atoms with Gasteiger partial charge in [-0.3, -0.25) is 4.79 Å². The second-order valence-corrected chi connectivity index (χ2v) is 8.02. The van der Waals surface area contributed by atoms with Crippen molar-refractivity contribution in [3.8, 4) is 11.3 Å². The number of amides is 1. The molecule has 158 valence electrons. The van der Waals surface area contributed by atoms with Crippen molar-refractivity contribution in [3.05, 3.63) is 77.0 Å². The fraction of sp³-hybridized carbons (Fsp3) is 0.304. The summed E-state index contributed by atoms with van der Waals surface area (Å²) < 4.78 is 21.1. The lowest BCUT2D eigenvalue weighted by molar-refractivity contribution is -0.129. The summed E-state index contributed by atoms with van der Waals surface area (Å²) in [4.78, 5) is 16.9. The van der Waals surface area contributed by atoms with Crippen molar-refractivity contribution in [2.45, 2.75) is 32.4 Å². The van der Waals surface area contributed by atoms with E-state index in [1.54, 1.807) is 12.1 Å². The molecule has 0 saturated heterocycles. The van der Waals surface area contributed by atoms with Gasteiger partial charge in [-0.25, -0.2) is 9.37 Å². The minimum absolute atomic E-state index is 0.0170. The molecule has 0 spiro atoms. The first-order valence-electron chi connectivity index (χ1n) is 9.69. The molecule has 0 aliphatic heterocycles. The normalized spacial score (nSPS) is 13.4. The maximum Gasteiger partial charge on any atom is 0.247 e. The van der Waals surface area contributed by atoms with Gasteiger partial charge >= 0.3 is 0 Å². The van der Waals surface area contributed by atoms with Crippen molar-refractivity contribution in [2.75, 3.05) is 7.11 Å². The maximum absolute atomic E-state index is 13.7. The van der Waals surface area contributed by atoms with Crippen molar-refractivity contribution in [1.29, 1.82) is 0 Å². The molecule has 3 rings (SSSR count). The lowest BCUT2D eigenvalue weighted by Crippen LogP contribution is -2.39. The second-order valence-electron chi connectivity index (χ2n) is 7.58. The number of benzene rings is 2. The van der Waals surface area contributed by atoms with Crippen LogP contribution in [0.15, 0.2) is 54.7 Å². The number of hydrogen-bond acceptors (Lipinski definition) is 3. The third kappa shape index (κ3) is 4.89. The molecule has 1 aromatic heterocycles. The van der Waals surface area contributed by atoms with Crippen LogP contribution < -0.4 is 5.73 Å². The summed E-state index contributed by atoms with van der Waals surface area (Å²) in [5, 5.41) is 0.598. The molecule has 0 aliphatic carbocycles. The SMILES string of the molecule is COC(C(N)=O)[C@@H](c1nc(-c2cccc(Cl)c2)cn1Cc1cccc(F)c1)C(C)C. The zero-order valence-electron chi connectivity index (χ0n) is 17.2. The van der Waals surface area contributed by atoms with Crippen LogP contribution in [0.2, 0.25) is 5.02 Å². The number of hydrogen-bond donors (Lipinski definition) is 1. The number of aromatic nitrogens is 2. The van der Waals surface area contributed by atoms with Crippen molar-refractivity contribution in [2.24, 2.45) is 11.7 Å². The van der Waals surface area contributed by atoms with Crippen LogP contribution in [0.1, 0.15) is 31.2 Å². The van der Waals surface area contributed by atoms with Gasteiger partial charge in [0.25, 0.3) is 0 Å². The highest BCUT2D eigenvalue weighted by atomic mass is 35.5. The van der Waals surface area contributed by atoms with E-state index in [9.17, 15) is 9.18 Å². The first-order chi connectivity index (χ1) is 14.3. The van der Waals surface area contributed by atoms with Crippen LogP contribution in [0.5, 0.6) is 0 Å². The zero-order valence-corrected chi connectivity index (χ0v) is 17.9. The number of methoxy groups -OCH3 is 1. The fourth-order valence-corrected chi connectivity index (χ4v) is 3.85. The van der Waals surface area contributed by atoms with Crippen LogP contribution in [0.25, 0.3) is 11.3 Å². The molecular formula is C23H25ClFN3O2. The molecule has 30 heavy (non-hydrogen) atoms. The molecule has 0 saturated carbocycles. The minimum atomic E-state index is -0.842. The smallest absolute Gasteiger partial charge is 0.247 e. The third-order valence-corrected chi connectivity index (χ3v) is 5.28. The molecule has 5 nitrogen and oxygen atoms in total. The van der Waals surface area contributed by atoms with Gasteiger partial charge in [0.15, 0.2) is 0 Å². The highest BCUT2D eigenvalue weighted by Gasteiger charge is 2.34. The van der Waals surface area contributed by atoms with Gasteiger partial charge in [-0.1, -0.05) is 49.7 Å². The predicted molar refractivity (Wildman–Crippen MR) is 116 cm³/mol.